The highest BCUT2D eigenvalue weighted by molar-refractivity contribution is 5.81. The van der Waals surface area contributed by atoms with Gasteiger partial charge in [0.05, 0.1) is 19.3 Å². The topological polar surface area (TPSA) is 66.8 Å². The van der Waals surface area contributed by atoms with Crippen LogP contribution in [0.5, 0.6) is 0 Å². The average Bonchev–Trinajstić information content (AvgIpc) is 3.04. The second-order valence-electron chi connectivity index (χ2n) is 11.2. The average molecular weight is 405 g/mol. The summed E-state index contributed by atoms with van der Waals surface area (Å²) in [6, 6.07) is 0. The molecule has 0 bridgehead atoms. The number of aliphatic hydroxyl groups excluding tert-OH is 2. The Balaban J connectivity index is 1.56. The van der Waals surface area contributed by atoms with Crippen molar-refractivity contribution in [2.24, 2.45) is 46.3 Å². The van der Waals surface area contributed by atoms with Crippen molar-refractivity contribution in [2.45, 2.75) is 84.3 Å². The number of ether oxygens (including phenoxy) is 1. The highest BCUT2D eigenvalue weighted by Gasteiger charge is 2.62. The monoisotopic (exact) mass is 404 g/mol. The van der Waals surface area contributed by atoms with Crippen molar-refractivity contribution >= 4 is 5.97 Å². The molecule has 0 unspecified atom stereocenters. The second kappa shape index (κ2) is 7.67. The number of carbonyl (C=O) groups is 1. The van der Waals surface area contributed by atoms with Crippen molar-refractivity contribution in [1.82, 2.24) is 0 Å². The maximum absolute atomic E-state index is 11.6. The molecule has 10 atom stereocenters. The summed E-state index contributed by atoms with van der Waals surface area (Å²) in [6.07, 6.45) is 11.8. The number of hydrogen-bond acceptors (Lipinski definition) is 4. The first kappa shape index (κ1) is 21.4. The van der Waals surface area contributed by atoms with Crippen LogP contribution in [-0.4, -0.2) is 35.5 Å². The Bertz CT molecular complexity index is 659. The van der Waals surface area contributed by atoms with Gasteiger partial charge in [-0.3, -0.25) is 0 Å². The summed E-state index contributed by atoms with van der Waals surface area (Å²) in [4.78, 5) is 11.6. The zero-order valence-electron chi connectivity index (χ0n) is 18.6. The lowest BCUT2D eigenvalue weighted by molar-refractivity contribution is -0.173. The number of methoxy groups -OCH3 is 1. The van der Waals surface area contributed by atoms with Crippen molar-refractivity contribution in [1.29, 1.82) is 0 Å². The normalized spacial score (nSPS) is 50.5. The molecule has 0 aromatic rings. The minimum absolute atomic E-state index is 0.177. The van der Waals surface area contributed by atoms with E-state index in [9.17, 15) is 15.0 Å². The largest absolute Gasteiger partial charge is 0.466 e. The predicted molar refractivity (Wildman–Crippen MR) is 113 cm³/mol. The quantitative estimate of drug-likeness (QED) is 0.542. The second-order valence-corrected chi connectivity index (χ2v) is 11.2. The van der Waals surface area contributed by atoms with Crippen LogP contribution in [0.15, 0.2) is 12.2 Å². The van der Waals surface area contributed by atoms with Crippen molar-refractivity contribution in [3.05, 3.63) is 12.2 Å². The van der Waals surface area contributed by atoms with Gasteiger partial charge in [0.25, 0.3) is 0 Å². The van der Waals surface area contributed by atoms with Gasteiger partial charge in [-0.15, -0.1) is 0 Å². The van der Waals surface area contributed by atoms with Crippen LogP contribution >= 0.6 is 0 Å². The fourth-order valence-corrected chi connectivity index (χ4v) is 8.54. The van der Waals surface area contributed by atoms with Gasteiger partial charge in [-0.1, -0.05) is 26.8 Å². The van der Waals surface area contributed by atoms with Crippen molar-refractivity contribution in [2.75, 3.05) is 7.11 Å². The maximum Gasteiger partial charge on any atom is 0.330 e. The third kappa shape index (κ3) is 3.39. The zero-order chi connectivity index (χ0) is 21.0. The van der Waals surface area contributed by atoms with Crippen molar-refractivity contribution in [3.8, 4) is 0 Å². The summed E-state index contributed by atoms with van der Waals surface area (Å²) in [6.45, 7) is 7.16. The first-order chi connectivity index (χ1) is 13.7. The molecule has 0 aliphatic heterocycles. The molecule has 0 aromatic carbocycles. The molecule has 29 heavy (non-hydrogen) atoms. The van der Waals surface area contributed by atoms with Crippen LogP contribution in [0.2, 0.25) is 0 Å². The van der Waals surface area contributed by atoms with Crippen LogP contribution in [0.4, 0.5) is 0 Å². The van der Waals surface area contributed by atoms with Gasteiger partial charge in [0.15, 0.2) is 0 Å². The van der Waals surface area contributed by atoms with Crippen molar-refractivity contribution < 1.29 is 19.7 Å². The van der Waals surface area contributed by atoms with Gasteiger partial charge in [0.2, 0.25) is 0 Å². The summed E-state index contributed by atoms with van der Waals surface area (Å²) in [5, 5.41) is 21.5. The smallest absolute Gasteiger partial charge is 0.330 e. The highest BCUT2D eigenvalue weighted by atomic mass is 16.5. The molecule has 0 amide bonds. The number of rotatable bonds is 3. The fourth-order valence-electron chi connectivity index (χ4n) is 8.54. The van der Waals surface area contributed by atoms with E-state index >= 15 is 0 Å². The number of esters is 1. The molecule has 4 nitrogen and oxygen atoms in total. The molecule has 0 aromatic heterocycles. The van der Waals surface area contributed by atoms with Gasteiger partial charge in [0, 0.05) is 6.08 Å². The fraction of sp³-hybridized carbons (Fsp3) is 0.880. The molecular formula is C25H40O4. The molecule has 4 rings (SSSR count). The van der Waals surface area contributed by atoms with Gasteiger partial charge in [0.1, 0.15) is 0 Å². The minimum Gasteiger partial charge on any atom is -0.466 e. The van der Waals surface area contributed by atoms with Crippen molar-refractivity contribution in [3.63, 3.8) is 0 Å². The number of aliphatic hydroxyl groups is 2. The molecule has 4 aliphatic carbocycles. The lowest BCUT2D eigenvalue weighted by atomic mass is 9.43. The SMILES string of the molecule is COC(=O)/C=C/[C@@H](C)[C@H]1CC[C@H]2[C@@H]3[C@@H](O)C[C@@H]4C[C@H](O)CC[C@]4(C)[C@H]3CC[C@]12C. The minimum atomic E-state index is -0.276. The van der Waals surface area contributed by atoms with Gasteiger partial charge >= 0.3 is 5.97 Å². The standard InChI is InChI=1S/C25H40O4/c1-15(5-8-22(28)29-4)18-6-7-19-23-20(10-12-25(18,19)3)24(2)11-9-17(26)13-16(24)14-21(23)27/h5,8,15-21,23,26-27H,6-7,9-14H2,1-4H3/b8-5+/t15-,16+,17-,18-,19+,20+,21+,23+,24+,25-/m1/s1. The first-order valence-corrected chi connectivity index (χ1v) is 11.8. The van der Waals surface area contributed by atoms with E-state index in [0.29, 0.717) is 35.5 Å². The van der Waals surface area contributed by atoms with E-state index in [1.807, 2.05) is 6.08 Å². The molecule has 4 heteroatoms. The van der Waals surface area contributed by atoms with Gasteiger partial charge in [-0.25, -0.2) is 4.79 Å². The number of allylic oxidation sites excluding steroid dienone is 1. The van der Waals surface area contributed by atoms with E-state index in [0.717, 1.165) is 25.7 Å². The van der Waals surface area contributed by atoms with Crippen LogP contribution in [0.25, 0.3) is 0 Å². The molecular weight excluding hydrogens is 364 g/mol. The molecule has 0 saturated heterocycles. The van der Waals surface area contributed by atoms with Crippen LogP contribution in [-0.2, 0) is 9.53 Å². The number of hydrogen-bond donors (Lipinski definition) is 2. The van der Waals surface area contributed by atoms with Crippen LogP contribution in [0.3, 0.4) is 0 Å². The van der Waals surface area contributed by atoms with Crippen LogP contribution in [0, 0.1) is 46.3 Å². The van der Waals surface area contributed by atoms with Gasteiger partial charge in [-0.2, -0.15) is 0 Å². The lowest BCUT2D eigenvalue weighted by Gasteiger charge is -2.62. The molecule has 0 spiro atoms. The van der Waals surface area contributed by atoms with Crippen LogP contribution < -0.4 is 0 Å². The third-order valence-electron chi connectivity index (χ3n) is 10.1. The Hall–Kier alpha value is -0.870. The summed E-state index contributed by atoms with van der Waals surface area (Å²) in [5.74, 6) is 2.63. The summed E-state index contributed by atoms with van der Waals surface area (Å²) >= 11 is 0. The maximum atomic E-state index is 11.6. The zero-order valence-corrected chi connectivity index (χ0v) is 18.6. The van der Waals surface area contributed by atoms with Gasteiger partial charge < -0.3 is 14.9 Å². The molecule has 0 heterocycles. The van der Waals surface area contributed by atoms with E-state index < -0.39 is 0 Å². The van der Waals surface area contributed by atoms with E-state index in [1.165, 1.54) is 32.8 Å². The Morgan fingerprint density at radius 1 is 1.03 bits per heavy atom. The molecule has 4 aliphatic rings. The molecule has 2 N–H and O–H groups in total. The third-order valence-corrected chi connectivity index (χ3v) is 10.1. The van der Waals surface area contributed by atoms with Gasteiger partial charge in [-0.05, 0) is 97.7 Å². The van der Waals surface area contributed by atoms with Crippen LogP contribution in [0.1, 0.15) is 72.1 Å². The molecule has 164 valence electrons. The Morgan fingerprint density at radius 3 is 2.45 bits per heavy atom. The Labute approximate surface area is 176 Å². The highest BCUT2D eigenvalue weighted by Crippen LogP contribution is 2.68. The predicted octanol–water partition coefficient (Wildman–Crippen LogP) is 4.34. The summed E-state index contributed by atoms with van der Waals surface area (Å²) in [7, 11) is 1.42. The van der Waals surface area contributed by atoms with E-state index in [1.54, 1.807) is 6.08 Å². The van der Waals surface area contributed by atoms with E-state index in [4.69, 9.17) is 4.74 Å². The van der Waals surface area contributed by atoms with E-state index in [-0.39, 0.29) is 29.0 Å². The first-order valence-electron chi connectivity index (χ1n) is 11.8. The number of carbonyl (C=O) groups excluding carboxylic acids is 1. The molecule has 0 radical (unpaired) electrons. The summed E-state index contributed by atoms with van der Waals surface area (Å²) < 4.78 is 4.77. The molecule has 4 fully saturated rings. The lowest BCUT2D eigenvalue weighted by Crippen LogP contribution is -2.58. The summed E-state index contributed by atoms with van der Waals surface area (Å²) in [5.41, 5.74) is 0.512. The Kier molecular flexibility index (Phi) is 5.65. The molecule has 4 saturated carbocycles. The van der Waals surface area contributed by atoms with E-state index in [2.05, 4.69) is 20.8 Å². The Morgan fingerprint density at radius 2 is 1.72 bits per heavy atom. The number of fused-ring (bicyclic) bond motifs is 5.